The van der Waals surface area contributed by atoms with E-state index in [-0.39, 0.29) is 11.5 Å². The van der Waals surface area contributed by atoms with Gasteiger partial charge in [0.25, 0.3) is 0 Å². The van der Waals surface area contributed by atoms with E-state index in [0.717, 1.165) is 46.5 Å². The van der Waals surface area contributed by atoms with E-state index in [0.29, 0.717) is 28.7 Å². The second-order valence-corrected chi connectivity index (χ2v) is 11.8. The maximum atomic E-state index is 9.84. The third kappa shape index (κ3) is 5.36. The monoisotopic (exact) mass is 551 g/mol. The number of benzene rings is 2. The second-order valence-electron chi connectivity index (χ2n) is 11.4. The van der Waals surface area contributed by atoms with Crippen molar-refractivity contribution in [3.8, 4) is 11.8 Å². The van der Waals surface area contributed by atoms with Gasteiger partial charge in [-0.1, -0.05) is 49.7 Å². The average Bonchev–Trinajstić information content (AvgIpc) is 3.41. The highest BCUT2D eigenvalue weighted by atomic mass is 35.5. The van der Waals surface area contributed by atoms with Gasteiger partial charge in [0, 0.05) is 41.9 Å². The standard InChI is InChI=1S/C30H30ClN9/c1-30(2,3)17-35-27-20(14-32)15-34-29-24(27)12-21(13-25(29)31)36-28(26-16-40(38-37-26)22-7-8-22)19-5-4-6-23(11-19)39-10-9-33-18-39/h4-6,9-13,15-16,18,22,28,36H,7-8,17H2,1-3H3,(H,34,35). The molecule has 2 N–H and O–H groups in total. The summed E-state index contributed by atoms with van der Waals surface area (Å²) in [6.45, 7) is 7.12. The van der Waals surface area contributed by atoms with Crippen LogP contribution in [-0.2, 0) is 0 Å². The lowest BCUT2D eigenvalue weighted by molar-refractivity contribution is 0.443. The van der Waals surface area contributed by atoms with Crippen molar-refractivity contribution in [2.75, 3.05) is 17.2 Å². The topological polar surface area (TPSA) is 109 Å². The van der Waals surface area contributed by atoms with Gasteiger partial charge in [0.1, 0.15) is 11.8 Å². The first kappa shape index (κ1) is 25.8. The van der Waals surface area contributed by atoms with Gasteiger partial charge in [0.2, 0.25) is 0 Å². The fourth-order valence-electron chi connectivity index (χ4n) is 4.68. The van der Waals surface area contributed by atoms with Crippen LogP contribution in [0.2, 0.25) is 5.02 Å². The minimum Gasteiger partial charge on any atom is -0.383 e. The van der Waals surface area contributed by atoms with Crippen LogP contribution in [0, 0.1) is 16.7 Å². The van der Waals surface area contributed by atoms with Crippen LogP contribution in [-0.4, -0.2) is 36.1 Å². The van der Waals surface area contributed by atoms with Gasteiger partial charge in [-0.25, -0.2) is 9.67 Å². The Labute approximate surface area is 237 Å². The third-order valence-corrected chi connectivity index (χ3v) is 7.19. The SMILES string of the molecule is CC(C)(C)CNc1c(C#N)cnc2c(Cl)cc(NC(c3cccc(-n4ccnc4)c3)c3cn(C4CC4)nn3)cc12. The molecule has 5 aromatic rings. The van der Waals surface area contributed by atoms with Crippen molar-refractivity contribution in [1.29, 1.82) is 5.26 Å². The van der Waals surface area contributed by atoms with E-state index in [1.165, 1.54) is 0 Å². The third-order valence-electron chi connectivity index (χ3n) is 6.90. The van der Waals surface area contributed by atoms with Crippen LogP contribution in [0.5, 0.6) is 0 Å². The van der Waals surface area contributed by atoms with E-state index < -0.39 is 0 Å². The van der Waals surface area contributed by atoms with Crippen LogP contribution in [0.15, 0.2) is 67.5 Å². The molecule has 0 bridgehead atoms. The molecule has 2 aromatic carbocycles. The van der Waals surface area contributed by atoms with E-state index in [1.54, 1.807) is 18.7 Å². The zero-order valence-electron chi connectivity index (χ0n) is 22.6. The first-order valence-electron chi connectivity index (χ1n) is 13.3. The highest BCUT2D eigenvalue weighted by Crippen LogP contribution is 2.37. The second kappa shape index (κ2) is 10.3. The van der Waals surface area contributed by atoms with Crippen LogP contribution >= 0.6 is 11.6 Å². The lowest BCUT2D eigenvalue weighted by Crippen LogP contribution is -2.20. The molecule has 1 unspecified atom stereocenters. The molecule has 6 rings (SSSR count). The van der Waals surface area contributed by atoms with Crippen LogP contribution in [0.1, 0.15) is 62.5 Å². The fraction of sp³-hybridized carbons (Fsp3) is 0.300. The molecule has 1 aliphatic rings. The molecule has 1 fully saturated rings. The summed E-state index contributed by atoms with van der Waals surface area (Å²) in [5.41, 5.74) is 5.45. The number of aromatic nitrogens is 6. The predicted octanol–water partition coefficient (Wildman–Crippen LogP) is 6.53. The highest BCUT2D eigenvalue weighted by Gasteiger charge is 2.27. The van der Waals surface area contributed by atoms with Crippen LogP contribution in [0.3, 0.4) is 0 Å². The fourth-order valence-corrected chi connectivity index (χ4v) is 4.95. The van der Waals surface area contributed by atoms with Crippen molar-refractivity contribution >= 4 is 33.9 Å². The van der Waals surface area contributed by atoms with E-state index in [4.69, 9.17) is 11.6 Å². The van der Waals surface area contributed by atoms with Gasteiger partial charge in [0.05, 0.1) is 46.4 Å². The van der Waals surface area contributed by atoms with E-state index in [1.807, 2.05) is 45.9 Å². The normalized spacial score (nSPS) is 14.2. The number of nitrogens with zero attached hydrogens (tertiary/aromatic N) is 7. The Balaban J connectivity index is 1.43. The molecule has 9 nitrogen and oxygen atoms in total. The van der Waals surface area contributed by atoms with E-state index in [9.17, 15) is 5.26 Å². The van der Waals surface area contributed by atoms with E-state index >= 15 is 0 Å². The summed E-state index contributed by atoms with van der Waals surface area (Å²) in [4.78, 5) is 8.70. The summed E-state index contributed by atoms with van der Waals surface area (Å²) in [5, 5.41) is 27.2. The molecule has 0 aliphatic heterocycles. The minimum absolute atomic E-state index is 0.0146. The summed E-state index contributed by atoms with van der Waals surface area (Å²) in [7, 11) is 0. The summed E-state index contributed by atoms with van der Waals surface area (Å²) >= 11 is 6.79. The van der Waals surface area contributed by atoms with Crippen molar-refractivity contribution in [3.05, 3.63) is 89.4 Å². The van der Waals surface area contributed by atoms with Crippen LogP contribution in [0.25, 0.3) is 16.6 Å². The maximum Gasteiger partial charge on any atom is 0.109 e. The van der Waals surface area contributed by atoms with Gasteiger partial charge in [-0.3, -0.25) is 4.98 Å². The number of pyridine rings is 1. The largest absolute Gasteiger partial charge is 0.383 e. The molecular weight excluding hydrogens is 522 g/mol. The van der Waals surface area contributed by atoms with Gasteiger partial charge in [-0.05, 0) is 48.1 Å². The maximum absolute atomic E-state index is 9.84. The molecule has 0 amide bonds. The first-order valence-corrected chi connectivity index (χ1v) is 13.7. The molecule has 1 atom stereocenters. The van der Waals surface area contributed by atoms with Gasteiger partial charge in [-0.2, -0.15) is 5.26 Å². The Morgan fingerprint density at radius 3 is 2.77 bits per heavy atom. The number of nitrogens with one attached hydrogen (secondary N) is 2. The number of hydrogen-bond donors (Lipinski definition) is 2. The predicted molar refractivity (Wildman–Crippen MR) is 157 cm³/mol. The van der Waals surface area contributed by atoms with E-state index in [2.05, 4.69) is 69.9 Å². The minimum atomic E-state index is -0.303. The Kier molecular flexibility index (Phi) is 6.64. The molecule has 10 heteroatoms. The number of halogens is 1. The Hall–Kier alpha value is -4.42. The van der Waals surface area contributed by atoms with Crippen LogP contribution < -0.4 is 10.6 Å². The molecule has 202 valence electrons. The molecule has 0 spiro atoms. The lowest BCUT2D eigenvalue weighted by Gasteiger charge is -2.22. The number of anilines is 2. The highest BCUT2D eigenvalue weighted by molar-refractivity contribution is 6.35. The number of rotatable bonds is 8. The molecule has 0 radical (unpaired) electrons. The number of fused-ring (bicyclic) bond motifs is 1. The quantitative estimate of drug-likeness (QED) is 0.225. The smallest absolute Gasteiger partial charge is 0.109 e. The molecule has 40 heavy (non-hydrogen) atoms. The molecule has 0 saturated heterocycles. The van der Waals surface area contributed by atoms with Crippen molar-refractivity contribution in [3.63, 3.8) is 0 Å². The van der Waals surface area contributed by atoms with Crippen LogP contribution in [0.4, 0.5) is 11.4 Å². The van der Waals surface area contributed by atoms with Gasteiger partial charge in [-0.15, -0.1) is 5.10 Å². The zero-order chi connectivity index (χ0) is 27.9. The molecule has 3 heterocycles. The van der Waals surface area contributed by atoms with Crippen molar-refractivity contribution in [1.82, 2.24) is 29.5 Å². The van der Waals surface area contributed by atoms with Gasteiger partial charge >= 0.3 is 0 Å². The van der Waals surface area contributed by atoms with Crippen molar-refractivity contribution in [2.45, 2.75) is 45.7 Å². The Morgan fingerprint density at radius 2 is 2.05 bits per heavy atom. The van der Waals surface area contributed by atoms with Gasteiger partial charge in [0.15, 0.2) is 0 Å². The number of hydrogen-bond acceptors (Lipinski definition) is 7. The summed E-state index contributed by atoms with van der Waals surface area (Å²) in [6, 6.07) is 14.5. The van der Waals surface area contributed by atoms with Crippen molar-refractivity contribution < 1.29 is 0 Å². The van der Waals surface area contributed by atoms with Gasteiger partial charge < -0.3 is 15.2 Å². The number of imidazole rings is 1. The van der Waals surface area contributed by atoms with Crippen molar-refractivity contribution in [2.24, 2.45) is 5.41 Å². The molecular formula is C30H30ClN9. The summed E-state index contributed by atoms with van der Waals surface area (Å²) < 4.78 is 3.92. The summed E-state index contributed by atoms with van der Waals surface area (Å²) in [6.07, 6.45) is 11.3. The molecule has 1 aliphatic carbocycles. The molecule has 3 aromatic heterocycles. The Bertz CT molecular complexity index is 1710. The Morgan fingerprint density at radius 1 is 1.20 bits per heavy atom. The zero-order valence-corrected chi connectivity index (χ0v) is 23.4. The average molecular weight is 552 g/mol. The first-order chi connectivity index (χ1) is 19.3. The number of nitriles is 1. The lowest BCUT2D eigenvalue weighted by atomic mass is 9.96. The molecule has 1 saturated carbocycles. The summed E-state index contributed by atoms with van der Waals surface area (Å²) in [5.74, 6) is 0.